The van der Waals surface area contributed by atoms with E-state index in [-0.39, 0.29) is 24.8 Å². The minimum absolute atomic E-state index is 0.00349. The molecule has 2 atom stereocenters. The van der Waals surface area contributed by atoms with Gasteiger partial charge in [-0.2, -0.15) is 0 Å². The van der Waals surface area contributed by atoms with E-state index in [2.05, 4.69) is 0 Å². The Labute approximate surface area is 121 Å². The average molecular weight is 289 g/mol. The van der Waals surface area contributed by atoms with Gasteiger partial charge in [0, 0.05) is 19.4 Å². The highest BCUT2D eigenvalue weighted by Gasteiger charge is 2.36. The molecule has 0 radical (unpaired) electrons. The summed E-state index contributed by atoms with van der Waals surface area (Å²) < 4.78 is 5.12. The van der Waals surface area contributed by atoms with Crippen molar-refractivity contribution in [2.24, 2.45) is 0 Å². The fourth-order valence-electron chi connectivity index (χ4n) is 2.75. The van der Waals surface area contributed by atoms with E-state index < -0.39 is 18.2 Å². The number of hydrogen-bond acceptors (Lipinski definition) is 5. The Kier molecular flexibility index (Phi) is 3.47. The summed E-state index contributed by atoms with van der Waals surface area (Å²) in [5, 5.41) is 9.54. The van der Waals surface area contributed by atoms with Crippen LogP contribution in [-0.2, 0) is 9.53 Å². The molecular formula is C15H15NO5. The minimum Gasteiger partial charge on any atom is -0.462 e. The minimum atomic E-state index is -0.710. The molecule has 1 aromatic rings. The highest BCUT2D eigenvalue weighted by Crippen LogP contribution is 2.24. The lowest BCUT2D eigenvalue weighted by Gasteiger charge is -2.27. The largest absolute Gasteiger partial charge is 0.462 e. The van der Waals surface area contributed by atoms with Crippen LogP contribution in [0.2, 0.25) is 0 Å². The van der Waals surface area contributed by atoms with E-state index >= 15 is 0 Å². The Balaban J connectivity index is 1.66. The predicted octanol–water partition coefficient (Wildman–Crippen LogP) is 0.739. The number of amides is 2. The molecule has 2 aliphatic heterocycles. The Morgan fingerprint density at radius 3 is 2.33 bits per heavy atom. The summed E-state index contributed by atoms with van der Waals surface area (Å²) in [4.78, 5) is 36.7. The zero-order valence-corrected chi connectivity index (χ0v) is 11.3. The SMILES string of the molecule is O=C1C[C@H](O)C[C@@H](CCN2C(=O)c3ccccc3C2=O)O1. The number of benzene rings is 1. The zero-order chi connectivity index (χ0) is 15.0. The Hall–Kier alpha value is -2.21. The van der Waals surface area contributed by atoms with Gasteiger partial charge in [0.1, 0.15) is 6.10 Å². The third-order valence-corrected chi connectivity index (χ3v) is 3.79. The molecule has 21 heavy (non-hydrogen) atoms. The molecule has 1 saturated heterocycles. The normalized spacial score (nSPS) is 25.0. The first kappa shape index (κ1) is 13.8. The molecule has 2 aliphatic rings. The summed E-state index contributed by atoms with van der Waals surface area (Å²) in [6.07, 6.45) is -0.476. The standard InChI is InChI=1S/C15H15NO5/c17-9-7-10(21-13(18)8-9)5-6-16-14(19)11-3-1-2-4-12(11)15(16)20/h1-4,9-10,17H,5-8H2/t9-,10-/m1/s1. The molecular weight excluding hydrogens is 274 g/mol. The first-order valence-electron chi connectivity index (χ1n) is 6.89. The maximum atomic E-state index is 12.2. The van der Waals surface area contributed by atoms with Crippen LogP contribution in [0.25, 0.3) is 0 Å². The van der Waals surface area contributed by atoms with Gasteiger partial charge in [-0.25, -0.2) is 0 Å². The molecule has 0 bridgehead atoms. The van der Waals surface area contributed by atoms with Crippen LogP contribution in [0.3, 0.4) is 0 Å². The lowest BCUT2D eigenvalue weighted by Crippen LogP contribution is -2.37. The van der Waals surface area contributed by atoms with E-state index in [1.165, 1.54) is 4.90 Å². The van der Waals surface area contributed by atoms with Crippen molar-refractivity contribution in [2.75, 3.05) is 6.54 Å². The van der Waals surface area contributed by atoms with Gasteiger partial charge in [-0.05, 0) is 12.1 Å². The number of carbonyl (C=O) groups is 3. The van der Waals surface area contributed by atoms with E-state index in [9.17, 15) is 19.5 Å². The predicted molar refractivity (Wildman–Crippen MR) is 71.5 cm³/mol. The topological polar surface area (TPSA) is 83.9 Å². The second-order valence-corrected chi connectivity index (χ2v) is 5.30. The Morgan fingerprint density at radius 1 is 1.14 bits per heavy atom. The first-order valence-corrected chi connectivity index (χ1v) is 6.89. The lowest BCUT2D eigenvalue weighted by molar-refractivity contribution is -0.160. The smallest absolute Gasteiger partial charge is 0.308 e. The number of aliphatic hydroxyl groups is 1. The van der Waals surface area contributed by atoms with Crippen LogP contribution in [0.1, 0.15) is 40.0 Å². The van der Waals surface area contributed by atoms with Crippen molar-refractivity contribution in [3.8, 4) is 0 Å². The average Bonchev–Trinajstić information content (AvgIpc) is 2.69. The fourth-order valence-corrected chi connectivity index (χ4v) is 2.75. The van der Waals surface area contributed by atoms with Crippen molar-refractivity contribution in [1.29, 1.82) is 0 Å². The van der Waals surface area contributed by atoms with Gasteiger partial charge in [0.25, 0.3) is 11.8 Å². The molecule has 0 unspecified atom stereocenters. The van der Waals surface area contributed by atoms with Crippen LogP contribution in [0.4, 0.5) is 0 Å². The Bertz CT molecular complexity index is 577. The summed E-state index contributed by atoms with van der Waals surface area (Å²) >= 11 is 0. The maximum absolute atomic E-state index is 12.2. The Morgan fingerprint density at radius 2 is 1.76 bits per heavy atom. The quantitative estimate of drug-likeness (QED) is 0.655. The first-order chi connectivity index (χ1) is 10.1. The van der Waals surface area contributed by atoms with Gasteiger partial charge in [0.05, 0.1) is 23.7 Å². The van der Waals surface area contributed by atoms with Crippen molar-refractivity contribution >= 4 is 17.8 Å². The maximum Gasteiger partial charge on any atom is 0.308 e. The second-order valence-electron chi connectivity index (χ2n) is 5.30. The van der Waals surface area contributed by atoms with Crippen LogP contribution in [0.15, 0.2) is 24.3 Å². The molecule has 0 saturated carbocycles. The number of hydrogen-bond donors (Lipinski definition) is 1. The molecule has 6 nitrogen and oxygen atoms in total. The summed E-state index contributed by atoms with van der Waals surface area (Å²) in [7, 11) is 0. The van der Waals surface area contributed by atoms with E-state index in [1.54, 1.807) is 24.3 Å². The van der Waals surface area contributed by atoms with Crippen LogP contribution in [0, 0.1) is 0 Å². The van der Waals surface area contributed by atoms with Gasteiger partial charge in [0.15, 0.2) is 0 Å². The van der Waals surface area contributed by atoms with Gasteiger partial charge in [0.2, 0.25) is 0 Å². The zero-order valence-electron chi connectivity index (χ0n) is 11.3. The number of imide groups is 1. The molecule has 1 N–H and O–H groups in total. The molecule has 0 aromatic heterocycles. The van der Waals surface area contributed by atoms with Crippen LogP contribution in [-0.4, -0.2) is 46.5 Å². The molecule has 110 valence electrons. The molecule has 1 aromatic carbocycles. The molecule has 0 spiro atoms. The fraction of sp³-hybridized carbons (Fsp3) is 0.400. The van der Waals surface area contributed by atoms with Crippen LogP contribution < -0.4 is 0 Å². The van der Waals surface area contributed by atoms with E-state index in [1.807, 2.05) is 0 Å². The number of carbonyl (C=O) groups excluding carboxylic acids is 3. The van der Waals surface area contributed by atoms with Crippen LogP contribution >= 0.6 is 0 Å². The van der Waals surface area contributed by atoms with Crippen molar-refractivity contribution in [3.63, 3.8) is 0 Å². The van der Waals surface area contributed by atoms with Gasteiger partial charge in [-0.15, -0.1) is 0 Å². The van der Waals surface area contributed by atoms with E-state index in [0.29, 0.717) is 24.0 Å². The van der Waals surface area contributed by atoms with Crippen molar-refractivity contribution in [2.45, 2.75) is 31.5 Å². The number of rotatable bonds is 3. The number of ether oxygens (including phenoxy) is 1. The highest BCUT2D eigenvalue weighted by molar-refractivity contribution is 6.21. The molecule has 2 heterocycles. The summed E-state index contributed by atoms with van der Waals surface area (Å²) in [6.45, 7) is 0.178. The number of nitrogens with zero attached hydrogens (tertiary/aromatic N) is 1. The number of fused-ring (bicyclic) bond motifs is 1. The second kappa shape index (κ2) is 5.29. The van der Waals surface area contributed by atoms with Crippen LogP contribution in [0.5, 0.6) is 0 Å². The number of esters is 1. The lowest BCUT2D eigenvalue weighted by atomic mass is 10.0. The molecule has 1 fully saturated rings. The van der Waals surface area contributed by atoms with E-state index in [0.717, 1.165) is 0 Å². The third kappa shape index (κ3) is 2.54. The van der Waals surface area contributed by atoms with Crippen molar-refractivity contribution < 1.29 is 24.2 Å². The van der Waals surface area contributed by atoms with Gasteiger partial charge < -0.3 is 9.84 Å². The summed E-state index contributed by atoms with van der Waals surface area (Å²) in [5.41, 5.74) is 0.811. The molecule has 6 heteroatoms. The molecule has 0 aliphatic carbocycles. The van der Waals surface area contributed by atoms with Gasteiger partial charge >= 0.3 is 5.97 Å². The highest BCUT2D eigenvalue weighted by atomic mass is 16.5. The summed E-state index contributed by atoms with van der Waals surface area (Å²) in [5.74, 6) is -1.09. The van der Waals surface area contributed by atoms with E-state index in [4.69, 9.17) is 4.74 Å². The molecule has 2 amide bonds. The van der Waals surface area contributed by atoms with Gasteiger partial charge in [-0.3, -0.25) is 19.3 Å². The van der Waals surface area contributed by atoms with Gasteiger partial charge in [-0.1, -0.05) is 12.1 Å². The third-order valence-electron chi connectivity index (χ3n) is 3.79. The monoisotopic (exact) mass is 289 g/mol. The number of cyclic esters (lactones) is 1. The molecule has 3 rings (SSSR count). The van der Waals surface area contributed by atoms with Crippen molar-refractivity contribution in [3.05, 3.63) is 35.4 Å². The summed E-state index contributed by atoms with van der Waals surface area (Å²) in [6, 6.07) is 6.68. The number of aliphatic hydroxyl groups excluding tert-OH is 1. The van der Waals surface area contributed by atoms with Crippen molar-refractivity contribution in [1.82, 2.24) is 4.90 Å².